The van der Waals surface area contributed by atoms with E-state index in [2.05, 4.69) is 58.5 Å². The van der Waals surface area contributed by atoms with Gasteiger partial charge in [-0.2, -0.15) is 0 Å². The molecule has 1 atom stereocenters. The summed E-state index contributed by atoms with van der Waals surface area (Å²) in [6.45, 7) is 3.97. The third-order valence-corrected chi connectivity index (χ3v) is 5.62. The fourth-order valence-corrected chi connectivity index (χ4v) is 4.30. The van der Waals surface area contributed by atoms with E-state index >= 15 is 0 Å². The van der Waals surface area contributed by atoms with Crippen molar-refractivity contribution in [1.29, 1.82) is 0 Å². The van der Waals surface area contributed by atoms with Crippen LogP contribution in [0.2, 0.25) is 0 Å². The number of rotatable bonds is 7. The van der Waals surface area contributed by atoms with Crippen LogP contribution < -0.4 is 5.32 Å². The molecule has 1 heterocycles. The molecule has 1 aromatic heterocycles. The van der Waals surface area contributed by atoms with Crippen LogP contribution in [0.4, 0.5) is 0 Å². The highest BCUT2D eigenvalue weighted by molar-refractivity contribution is 7.80. The van der Waals surface area contributed by atoms with Crippen LogP contribution in [0.5, 0.6) is 0 Å². The van der Waals surface area contributed by atoms with Crippen molar-refractivity contribution in [2.75, 3.05) is 6.54 Å². The van der Waals surface area contributed by atoms with Gasteiger partial charge in [0.1, 0.15) is 0 Å². The molecule has 1 saturated carbocycles. The zero-order chi connectivity index (χ0) is 18.2. The van der Waals surface area contributed by atoms with Gasteiger partial charge in [0.25, 0.3) is 0 Å². The van der Waals surface area contributed by atoms with Gasteiger partial charge < -0.3 is 10.2 Å². The van der Waals surface area contributed by atoms with Crippen LogP contribution in [0.15, 0.2) is 54.9 Å². The van der Waals surface area contributed by atoms with Gasteiger partial charge in [0, 0.05) is 25.5 Å². The molecule has 0 saturated heterocycles. The summed E-state index contributed by atoms with van der Waals surface area (Å²) in [6, 6.07) is 15.1. The van der Waals surface area contributed by atoms with E-state index in [1.54, 1.807) is 0 Å². The number of pyridine rings is 1. The van der Waals surface area contributed by atoms with Crippen molar-refractivity contribution in [3.63, 3.8) is 0 Å². The molecule has 0 spiro atoms. The minimum atomic E-state index is 0.344. The molecule has 0 aliphatic heterocycles. The van der Waals surface area contributed by atoms with Crippen molar-refractivity contribution in [2.45, 2.75) is 51.6 Å². The Morgan fingerprint density at radius 2 is 1.85 bits per heavy atom. The number of hydrogen-bond acceptors (Lipinski definition) is 2. The van der Waals surface area contributed by atoms with Gasteiger partial charge in [-0.3, -0.25) is 4.98 Å². The molecule has 26 heavy (non-hydrogen) atoms. The summed E-state index contributed by atoms with van der Waals surface area (Å²) < 4.78 is 0. The third-order valence-electron chi connectivity index (χ3n) is 5.24. The van der Waals surface area contributed by atoms with E-state index in [1.165, 1.54) is 36.8 Å². The van der Waals surface area contributed by atoms with Crippen molar-refractivity contribution in [3.05, 3.63) is 66.0 Å². The van der Waals surface area contributed by atoms with Gasteiger partial charge in [0.2, 0.25) is 0 Å². The molecule has 1 aliphatic carbocycles. The molecular formula is C22H29N3S. The summed E-state index contributed by atoms with van der Waals surface area (Å²) in [5.41, 5.74) is 2.59. The molecule has 3 rings (SSSR count). The van der Waals surface area contributed by atoms with Crippen LogP contribution in [0.3, 0.4) is 0 Å². The molecule has 1 unspecified atom stereocenters. The lowest BCUT2D eigenvalue weighted by atomic mass is 9.90. The summed E-state index contributed by atoms with van der Waals surface area (Å²) in [4.78, 5) is 6.63. The average molecular weight is 368 g/mol. The molecule has 1 aromatic carbocycles. The normalized spacial score (nSPS) is 15.6. The lowest BCUT2D eigenvalue weighted by Crippen LogP contribution is -2.44. The highest BCUT2D eigenvalue weighted by atomic mass is 32.1. The van der Waals surface area contributed by atoms with E-state index in [-0.39, 0.29) is 0 Å². The van der Waals surface area contributed by atoms with Crippen molar-refractivity contribution < 1.29 is 0 Å². The predicted molar refractivity (Wildman–Crippen MR) is 112 cm³/mol. The fraction of sp³-hybridized carbons (Fsp3) is 0.455. The summed E-state index contributed by atoms with van der Waals surface area (Å²) in [7, 11) is 0. The predicted octanol–water partition coefficient (Wildman–Crippen LogP) is 5.10. The topological polar surface area (TPSA) is 28.2 Å². The van der Waals surface area contributed by atoms with Crippen LogP contribution in [0.1, 0.15) is 56.2 Å². The summed E-state index contributed by atoms with van der Waals surface area (Å²) in [5.74, 6) is 0.667. The Morgan fingerprint density at radius 1 is 1.15 bits per heavy atom. The average Bonchev–Trinajstić information content (AvgIpc) is 3.22. The van der Waals surface area contributed by atoms with Gasteiger partial charge in [-0.15, -0.1) is 0 Å². The van der Waals surface area contributed by atoms with E-state index in [0.717, 1.165) is 24.6 Å². The molecule has 3 nitrogen and oxygen atoms in total. The Bertz CT molecular complexity index is 668. The molecule has 0 radical (unpaired) electrons. The second-order valence-corrected chi connectivity index (χ2v) is 7.49. The van der Waals surface area contributed by atoms with Gasteiger partial charge >= 0.3 is 0 Å². The van der Waals surface area contributed by atoms with E-state index < -0.39 is 0 Å². The third kappa shape index (κ3) is 4.82. The van der Waals surface area contributed by atoms with E-state index in [4.69, 9.17) is 12.2 Å². The van der Waals surface area contributed by atoms with Gasteiger partial charge in [0.15, 0.2) is 5.11 Å². The molecule has 138 valence electrons. The summed E-state index contributed by atoms with van der Waals surface area (Å²) in [6.07, 6.45) is 10.1. The molecule has 1 fully saturated rings. The fourth-order valence-electron chi connectivity index (χ4n) is 4.02. The van der Waals surface area contributed by atoms with Crippen molar-refractivity contribution in [1.82, 2.24) is 15.2 Å². The molecule has 1 aliphatic rings. The monoisotopic (exact) mass is 367 g/mol. The Morgan fingerprint density at radius 3 is 2.50 bits per heavy atom. The SMILES string of the molecule is CCCN(C(=S)NCc1ccccc1)C(c1ccncc1)C1CCCC1. The number of nitrogens with one attached hydrogen (secondary N) is 1. The molecule has 0 bridgehead atoms. The Balaban J connectivity index is 1.78. The van der Waals surface area contributed by atoms with Crippen LogP contribution in [-0.2, 0) is 6.54 Å². The molecule has 2 aromatic rings. The van der Waals surface area contributed by atoms with Crippen molar-refractivity contribution >= 4 is 17.3 Å². The Kier molecular flexibility index (Phi) is 7.01. The molecular weight excluding hydrogens is 338 g/mol. The first kappa shape index (κ1) is 18.8. The number of hydrogen-bond donors (Lipinski definition) is 1. The Hall–Kier alpha value is -1.94. The smallest absolute Gasteiger partial charge is 0.169 e. The minimum absolute atomic E-state index is 0.344. The maximum absolute atomic E-state index is 5.85. The van der Waals surface area contributed by atoms with Gasteiger partial charge in [-0.1, -0.05) is 50.1 Å². The zero-order valence-electron chi connectivity index (χ0n) is 15.6. The van der Waals surface area contributed by atoms with Crippen molar-refractivity contribution in [2.24, 2.45) is 5.92 Å². The number of nitrogens with zero attached hydrogens (tertiary/aromatic N) is 2. The van der Waals surface area contributed by atoms with E-state index in [0.29, 0.717) is 12.0 Å². The minimum Gasteiger partial charge on any atom is -0.358 e. The second-order valence-electron chi connectivity index (χ2n) is 7.11. The Labute approximate surface area is 162 Å². The van der Waals surface area contributed by atoms with Gasteiger partial charge in [-0.05, 0) is 60.7 Å². The summed E-state index contributed by atoms with van der Waals surface area (Å²) in [5, 5.41) is 4.36. The first-order valence-corrected chi connectivity index (χ1v) is 10.2. The van der Waals surface area contributed by atoms with Crippen LogP contribution >= 0.6 is 12.2 Å². The van der Waals surface area contributed by atoms with Gasteiger partial charge in [-0.25, -0.2) is 0 Å². The largest absolute Gasteiger partial charge is 0.358 e. The number of thiocarbonyl (C=S) groups is 1. The maximum Gasteiger partial charge on any atom is 0.169 e. The first-order chi connectivity index (χ1) is 12.8. The maximum atomic E-state index is 5.85. The van der Waals surface area contributed by atoms with Crippen molar-refractivity contribution in [3.8, 4) is 0 Å². The first-order valence-electron chi connectivity index (χ1n) is 9.78. The zero-order valence-corrected chi connectivity index (χ0v) is 16.4. The lowest BCUT2D eigenvalue weighted by molar-refractivity contribution is 0.227. The number of aromatic nitrogens is 1. The highest BCUT2D eigenvalue weighted by Crippen LogP contribution is 2.39. The van der Waals surface area contributed by atoms with E-state index in [9.17, 15) is 0 Å². The van der Waals surface area contributed by atoms with Crippen LogP contribution in [-0.4, -0.2) is 21.5 Å². The standard InChI is InChI=1S/C22H29N3S/c1-2-16-25(22(26)24-17-18-8-4-3-5-9-18)21(19-10-6-7-11-19)20-12-14-23-15-13-20/h3-5,8-9,12-15,19,21H,2,6-7,10-11,16-17H2,1H3,(H,24,26). The van der Waals surface area contributed by atoms with Crippen LogP contribution in [0, 0.1) is 5.92 Å². The van der Waals surface area contributed by atoms with Crippen LogP contribution in [0.25, 0.3) is 0 Å². The van der Waals surface area contributed by atoms with E-state index in [1.807, 2.05) is 18.5 Å². The molecule has 0 amide bonds. The summed E-state index contributed by atoms with van der Waals surface area (Å²) >= 11 is 5.85. The second kappa shape index (κ2) is 9.67. The highest BCUT2D eigenvalue weighted by Gasteiger charge is 2.32. The lowest BCUT2D eigenvalue weighted by Gasteiger charge is -2.38. The van der Waals surface area contributed by atoms with Gasteiger partial charge in [0.05, 0.1) is 6.04 Å². The molecule has 4 heteroatoms. The quantitative estimate of drug-likeness (QED) is 0.689. The molecule has 1 N–H and O–H groups in total. The number of benzene rings is 1.